The molecule has 6 nitrogen and oxygen atoms in total. The van der Waals surface area contributed by atoms with Crippen molar-refractivity contribution >= 4 is 18.5 Å². The molecule has 7 heteroatoms. The van der Waals surface area contributed by atoms with Gasteiger partial charge in [0.1, 0.15) is 19.7 Å². The summed E-state index contributed by atoms with van der Waals surface area (Å²) in [6.07, 6.45) is -0.701. The third-order valence-electron chi connectivity index (χ3n) is 1.97. The minimum absolute atomic E-state index is 0. The molecule has 0 radical (unpaired) electrons. The number of hydrogen-bond acceptors (Lipinski definition) is 3. The molecular weight excluding hydrogens is 270 g/mol. The van der Waals surface area contributed by atoms with Crippen LogP contribution in [0.25, 0.3) is 0 Å². The number of methoxy groups -OCH3 is 1. The molecule has 0 aromatic rings. The predicted molar refractivity (Wildman–Crippen MR) is 80.5 cm³/mol. The fourth-order valence-electron chi connectivity index (χ4n) is 0.785. The molecule has 118 valence electrons. The van der Waals surface area contributed by atoms with Crippen LogP contribution in [0, 0.1) is 0 Å². The molecule has 1 amide bonds. The van der Waals surface area contributed by atoms with E-state index in [9.17, 15) is 4.79 Å². The normalized spacial score (nSPS) is 10.9. The Morgan fingerprint density at radius 2 is 1.32 bits per heavy atom. The van der Waals surface area contributed by atoms with Gasteiger partial charge >= 0.3 is 6.09 Å². The van der Waals surface area contributed by atoms with E-state index in [1.165, 1.54) is 0 Å². The Hall–Kier alpha value is -0.560. The number of nitrogens with zero attached hydrogens (tertiary/aromatic N) is 2. The summed E-state index contributed by atoms with van der Waals surface area (Å²) in [5, 5.41) is 0. The fourth-order valence-corrected chi connectivity index (χ4v) is 0.785. The first-order chi connectivity index (χ1) is 7.98. The Morgan fingerprint density at radius 1 is 0.947 bits per heavy atom. The second-order valence-electron chi connectivity index (χ2n) is 6.19. The van der Waals surface area contributed by atoms with Crippen LogP contribution in [0.4, 0.5) is 4.79 Å². The first kappa shape index (κ1) is 23.5. The van der Waals surface area contributed by atoms with E-state index in [1.807, 2.05) is 21.1 Å². The molecule has 0 aromatic carbocycles. The van der Waals surface area contributed by atoms with Crippen molar-refractivity contribution < 1.29 is 23.2 Å². The first-order valence-electron chi connectivity index (χ1n) is 6.00. The molecule has 0 spiro atoms. The average molecular weight is 302 g/mol. The molecule has 19 heavy (non-hydrogen) atoms. The van der Waals surface area contributed by atoms with Gasteiger partial charge in [-0.25, -0.2) is 4.79 Å². The zero-order valence-electron chi connectivity index (χ0n) is 13.4. The molecule has 0 atom stereocenters. The lowest BCUT2D eigenvalue weighted by Gasteiger charge is -2.22. The van der Waals surface area contributed by atoms with Crippen LogP contribution in [0.3, 0.4) is 0 Å². The Bertz CT molecular complexity index is 225. The molecule has 0 bridgehead atoms. The number of ether oxygens (including phenoxy) is 2. The molecule has 0 heterocycles. The van der Waals surface area contributed by atoms with E-state index < -0.39 is 6.09 Å². The van der Waals surface area contributed by atoms with Gasteiger partial charge in [-0.15, -0.1) is 12.4 Å². The van der Waals surface area contributed by atoms with Gasteiger partial charge in [-0.2, -0.15) is 0 Å². The lowest BCUT2D eigenvalue weighted by Crippen LogP contribution is -2.38. The van der Waals surface area contributed by atoms with Crippen LogP contribution in [0.1, 0.15) is 0 Å². The number of amides is 1. The Labute approximate surface area is 124 Å². The monoisotopic (exact) mass is 301 g/mol. The van der Waals surface area contributed by atoms with Crippen molar-refractivity contribution in [2.24, 2.45) is 5.73 Å². The lowest BCUT2D eigenvalue weighted by molar-refractivity contribution is -0.870. The molecule has 2 N–H and O–H groups in total. The van der Waals surface area contributed by atoms with E-state index in [0.717, 1.165) is 28.7 Å². The third-order valence-corrected chi connectivity index (χ3v) is 1.97. The molecule has 0 aliphatic heterocycles. The molecule has 0 unspecified atom stereocenters. The second kappa shape index (κ2) is 11.3. The van der Waals surface area contributed by atoms with Crippen LogP contribution < -0.4 is 5.73 Å². The minimum atomic E-state index is -0.701. The molecule has 0 fully saturated rings. The maximum atomic E-state index is 10.1. The van der Waals surface area contributed by atoms with E-state index in [0.29, 0.717) is 6.61 Å². The number of quaternary nitrogens is 2. The van der Waals surface area contributed by atoms with Crippen LogP contribution in [0.15, 0.2) is 0 Å². The third kappa shape index (κ3) is 31.8. The van der Waals surface area contributed by atoms with Gasteiger partial charge in [-0.05, 0) is 0 Å². The number of rotatable bonds is 6. The summed E-state index contributed by atoms with van der Waals surface area (Å²) >= 11 is 0. The number of halogens is 1. The smallest absolute Gasteiger partial charge is 0.404 e. The van der Waals surface area contributed by atoms with E-state index in [2.05, 4.69) is 25.9 Å². The minimum Gasteiger partial charge on any atom is -0.444 e. The summed E-state index contributed by atoms with van der Waals surface area (Å²) in [6.45, 7) is 3.10. The van der Waals surface area contributed by atoms with Crippen molar-refractivity contribution in [3.63, 3.8) is 0 Å². The Kier molecular flexibility index (Phi) is 14.0. The maximum absolute atomic E-state index is 10.1. The van der Waals surface area contributed by atoms with Crippen LogP contribution in [0.2, 0.25) is 0 Å². The number of primary amides is 1. The molecule has 0 aromatic heterocycles. The van der Waals surface area contributed by atoms with Gasteiger partial charge in [0, 0.05) is 7.11 Å². The van der Waals surface area contributed by atoms with Gasteiger partial charge < -0.3 is 24.2 Å². The summed E-state index contributed by atoms with van der Waals surface area (Å²) < 4.78 is 11.2. The highest BCUT2D eigenvalue weighted by Crippen LogP contribution is 1.88. The quantitative estimate of drug-likeness (QED) is 0.729. The molecule has 0 saturated heterocycles. The summed E-state index contributed by atoms with van der Waals surface area (Å²) in [7, 11) is 14.2. The van der Waals surface area contributed by atoms with Crippen molar-refractivity contribution in [1.82, 2.24) is 0 Å². The van der Waals surface area contributed by atoms with Crippen LogP contribution in [-0.4, -0.2) is 90.8 Å². The SMILES string of the molecule is COCC[N+](C)(C)C.C[N+](C)(C)CCOC(N)=O.Cl. The Morgan fingerprint density at radius 3 is 1.53 bits per heavy atom. The number of nitrogens with two attached hydrogens (primary N) is 1. The molecule has 0 aliphatic rings. The molecule has 0 aliphatic carbocycles. The molecular formula is C12H32ClN3O3+2. The topological polar surface area (TPSA) is 61.6 Å². The van der Waals surface area contributed by atoms with Crippen LogP contribution in [-0.2, 0) is 9.47 Å². The number of likely N-dealkylation sites (N-methyl/N-ethyl adjacent to an activating group) is 2. The van der Waals surface area contributed by atoms with Gasteiger partial charge in [0.05, 0.1) is 48.9 Å². The van der Waals surface area contributed by atoms with Crippen molar-refractivity contribution in [2.75, 3.05) is 75.7 Å². The zero-order valence-corrected chi connectivity index (χ0v) is 14.2. The predicted octanol–water partition coefficient (Wildman–Crippen LogP) is 0.549. The van der Waals surface area contributed by atoms with Crippen molar-refractivity contribution in [3.8, 4) is 0 Å². The standard InChI is InChI=1S/C6H14N2O2.C6H16NO.ClH/c1-8(2,3)4-5-10-6(7)9;1-7(2,3)5-6-8-4;/h4-5H2,1-3H3,(H-,7,9);5-6H2,1-4H3;1H/q;+1;/p+1. The van der Waals surface area contributed by atoms with Crippen LogP contribution >= 0.6 is 12.4 Å². The van der Waals surface area contributed by atoms with E-state index in [4.69, 9.17) is 10.5 Å². The maximum Gasteiger partial charge on any atom is 0.404 e. The highest BCUT2D eigenvalue weighted by Gasteiger charge is 2.06. The van der Waals surface area contributed by atoms with Gasteiger partial charge in [0.25, 0.3) is 0 Å². The highest BCUT2D eigenvalue weighted by molar-refractivity contribution is 5.85. The summed E-state index contributed by atoms with van der Waals surface area (Å²) in [4.78, 5) is 10.1. The second-order valence-corrected chi connectivity index (χ2v) is 6.19. The summed E-state index contributed by atoms with van der Waals surface area (Å²) in [6, 6.07) is 0. The van der Waals surface area contributed by atoms with E-state index in [-0.39, 0.29) is 12.4 Å². The largest absolute Gasteiger partial charge is 0.444 e. The Balaban J connectivity index is -0.000000262. The van der Waals surface area contributed by atoms with Gasteiger partial charge in [0.2, 0.25) is 0 Å². The lowest BCUT2D eigenvalue weighted by atomic mass is 10.5. The van der Waals surface area contributed by atoms with Gasteiger partial charge in [-0.3, -0.25) is 0 Å². The highest BCUT2D eigenvalue weighted by atomic mass is 35.5. The number of hydrogen-bond donors (Lipinski definition) is 1. The van der Waals surface area contributed by atoms with Gasteiger partial charge in [0.15, 0.2) is 0 Å². The molecule has 0 rings (SSSR count). The van der Waals surface area contributed by atoms with Crippen LogP contribution in [0.5, 0.6) is 0 Å². The first-order valence-corrected chi connectivity index (χ1v) is 6.00. The molecule has 0 saturated carbocycles. The zero-order chi connectivity index (χ0) is 14.8. The number of carbonyl (C=O) groups is 1. The van der Waals surface area contributed by atoms with Crippen molar-refractivity contribution in [2.45, 2.75) is 0 Å². The van der Waals surface area contributed by atoms with Crippen molar-refractivity contribution in [1.29, 1.82) is 0 Å². The fraction of sp³-hybridized carbons (Fsp3) is 0.917. The van der Waals surface area contributed by atoms with E-state index in [1.54, 1.807) is 7.11 Å². The van der Waals surface area contributed by atoms with Crippen molar-refractivity contribution in [3.05, 3.63) is 0 Å². The van der Waals surface area contributed by atoms with E-state index >= 15 is 0 Å². The summed E-state index contributed by atoms with van der Waals surface area (Å²) in [5.41, 5.74) is 4.75. The number of carbonyl (C=O) groups excluding carboxylic acids is 1. The summed E-state index contributed by atoms with van der Waals surface area (Å²) in [5.74, 6) is 0. The van der Waals surface area contributed by atoms with Gasteiger partial charge in [-0.1, -0.05) is 0 Å². The average Bonchev–Trinajstić information content (AvgIpc) is 2.11.